The number of rotatable bonds is 3. The first-order valence-electron chi connectivity index (χ1n) is 8.34. The molecule has 1 N–H and O–H groups in total. The SMILES string of the molecule is Cc1cnc2ccc(N3CC[C@H](NC(=O)c4cccc(Cl)c4F)C3)nn12. The largest absolute Gasteiger partial charge is 0.353 e. The van der Waals surface area contributed by atoms with Gasteiger partial charge in [-0.1, -0.05) is 17.7 Å². The van der Waals surface area contributed by atoms with Gasteiger partial charge >= 0.3 is 0 Å². The fourth-order valence-electron chi connectivity index (χ4n) is 3.18. The first kappa shape index (κ1) is 16.8. The Balaban J connectivity index is 1.47. The highest BCUT2D eigenvalue weighted by atomic mass is 35.5. The maximum Gasteiger partial charge on any atom is 0.254 e. The van der Waals surface area contributed by atoms with Crippen LogP contribution in [0.15, 0.2) is 36.5 Å². The number of imidazole rings is 1. The molecule has 1 fully saturated rings. The number of carbonyl (C=O) groups excluding carboxylic acids is 1. The molecule has 1 aliphatic rings. The average molecular weight is 374 g/mol. The maximum atomic E-state index is 14.0. The smallest absolute Gasteiger partial charge is 0.254 e. The van der Waals surface area contributed by atoms with Crippen molar-refractivity contribution in [3.05, 3.63) is 58.6 Å². The molecule has 134 valence electrons. The molecule has 1 aliphatic heterocycles. The number of aryl methyl sites for hydroxylation is 1. The second-order valence-corrected chi connectivity index (χ2v) is 6.77. The Labute approximate surface area is 154 Å². The minimum absolute atomic E-state index is 0.0375. The summed E-state index contributed by atoms with van der Waals surface area (Å²) >= 11 is 5.75. The third-order valence-corrected chi connectivity index (χ3v) is 4.85. The highest BCUT2D eigenvalue weighted by Crippen LogP contribution is 2.21. The maximum absolute atomic E-state index is 14.0. The highest BCUT2D eigenvalue weighted by molar-refractivity contribution is 6.31. The van der Waals surface area contributed by atoms with E-state index >= 15 is 0 Å². The Morgan fingerprint density at radius 2 is 2.19 bits per heavy atom. The summed E-state index contributed by atoms with van der Waals surface area (Å²) in [5.41, 5.74) is 1.72. The molecule has 1 aromatic carbocycles. The summed E-state index contributed by atoms with van der Waals surface area (Å²) in [5, 5.41) is 7.43. The number of hydrogen-bond acceptors (Lipinski definition) is 4. The van der Waals surface area contributed by atoms with E-state index in [0.717, 1.165) is 30.1 Å². The molecule has 4 rings (SSSR count). The van der Waals surface area contributed by atoms with Crippen LogP contribution in [0.3, 0.4) is 0 Å². The zero-order chi connectivity index (χ0) is 18.3. The Morgan fingerprint density at radius 3 is 3.04 bits per heavy atom. The van der Waals surface area contributed by atoms with Crippen LogP contribution in [0.2, 0.25) is 5.02 Å². The molecule has 1 atom stereocenters. The zero-order valence-corrected chi connectivity index (χ0v) is 14.9. The topological polar surface area (TPSA) is 62.5 Å². The fraction of sp³-hybridized carbons (Fsp3) is 0.278. The van der Waals surface area contributed by atoms with Crippen LogP contribution in [0.1, 0.15) is 22.5 Å². The number of anilines is 1. The van der Waals surface area contributed by atoms with Gasteiger partial charge in [0.2, 0.25) is 0 Å². The van der Waals surface area contributed by atoms with Gasteiger partial charge in [0.05, 0.1) is 22.5 Å². The third kappa shape index (κ3) is 2.99. The fourth-order valence-corrected chi connectivity index (χ4v) is 3.35. The van der Waals surface area contributed by atoms with Crippen LogP contribution in [0.5, 0.6) is 0 Å². The minimum atomic E-state index is -0.691. The van der Waals surface area contributed by atoms with Gasteiger partial charge in [-0.15, -0.1) is 5.10 Å². The van der Waals surface area contributed by atoms with E-state index in [2.05, 4.69) is 20.3 Å². The lowest BCUT2D eigenvalue weighted by Gasteiger charge is -2.18. The Kier molecular flexibility index (Phi) is 4.24. The highest BCUT2D eigenvalue weighted by Gasteiger charge is 2.26. The summed E-state index contributed by atoms with van der Waals surface area (Å²) in [5.74, 6) is -0.320. The summed E-state index contributed by atoms with van der Waals surface area (Å²) in [6.07, 6.45) is 2.54. The molecular formula is C18H17ClFN5O. The summed E-state index contributed by atoms with van der Waals surface area (Å²) in [6.45, 7) is 3.32. The molecule has 2 aromatic heterocycles. The zero-order valence-electron chi connectivity index (χ0n) is 14.1. The monoisotopic (exact) mass is 373 g/mol. The number of nitrogens with zero attached hydrogens (tertiary/aromatic N) is 4. The van der Waals surface area contributed by atoms with E-state index < -0.39 is 11.7 Å². The van der Waals surface area contributed by atoms with Crippen LogP contribution in [0, 0.1) is 12.7 Å². The van der Waals surface area contributed by atoms with Gasteiger partial charge in [0, 0.05) is 19.1 Å². The van der Waals surface area contributed by atoms with E-state index in [9.17, 15) is 9.18 Å². The molecule has 1 saturated heterocycles. The van der Waals surface area contributed by atoms with Crippen LogP contribution in [-0.2, 0) is 0 Å². The van der Waals surface area contributed by atoms with Gasteiger partial charge in [0.25, 0.3) is 5.91 Å². The average Bonchev–Trinajstić information content (AvgIpc) is 3.24. The van der Waals surface area contributed by atoms with Crippen molar-refractivity contribution in [1.82, 2.24) is 19.9 Å². The third-order valence-electron chi connectivity index (χ3n) is 4.56. The van der Waals surface area contributed by atoms with Crippen LogP contribution in [0.25, 0.3) is 5.65 Å². The summed E-state index contributed by atoms with van der Waals surface area (Å²) in [4.78, 5) is 18.7. The van der Waals surface area contributed by atoms with Crippen LogP contribution >= 0.6 is 11.6 Å². The summed E-state index contributed by atoms with van der Waals surface area (Å²) < 4.78 is 15.8. The minimum Gasteiger partial charge on any atom is -0.353 e. The quantitative estimate of drug-likeness (QED) is 0.766. The molecule has 0 radical (unpaired) electrons. The number of carbonyl (C=O) groups is 1. The van der Waals surface area contributed by atoms with E-state index in [-0.39, 0.29) is 16.6 Å². The molecule has 0 bridgehead atoms. The molecule has 0 spiro atoms. The van der Waals surface area contributed by atoms with Gasteiger partial charge in [-0.2, -0.15) is 0 Å². The van der Waals surface area contributed by atoms with E-state index in [1.165, 1.54) is 12.1 Å². The van der Waals surface area contributed by atoms with E-state index in [1.807, 2.05) is 19.1 Å². The molecule has 0 saturated carbocycles. The lowest BCUT2D eigenvalue weighted by molar-refractivity contribution is 0.0936. The number of benzene rings is 1. The van der Waals surface area contributed by atoms with Crippen LogP contribution in [-0.4, -0.2) is 39.6 Å². The molecule has 26 heavy (non-hydrogen) atoms. The number of halogens is 2. The van der Waals surface area contributed by atoms with Crippen molar-refractivity contribution in [2.45, 2.75) is 19.4 Å². The summed E-state index contributed by atoms with van der Waals surface area (Å²) in [7, 11) is 0. The van der Waals surface area contributed by atoms with Gasteiger partial charge in [0.1, 0.15) is 5.82 Å². The van der Waals surface area contributed by atoms with Crippen molar-refractivity contribution in [3.63, 3.8) is 0 Å². The molecule has 0 aliphatic carbocycles. The van der Waals surface area contributed by atoms with Crippen molar-refractivity contribution in [2.75, 3.05) is 18.0 Å². The van der Waals surface area contributed by atoms with Gasteiger partial charge in [0.15, 0.2) is 11.5 Å². The lowest BCUT2D eigenvalue weighted by atomic mass is 10.1. The van der Waals surface area contributed by atoms with Crippen LogP contribution < -0.4 is 10.2 Å². The molecule has 1 amide bonds. The Hall–Kier alpha value is -2.67. The number of amides is 1. The van der Waals surface area contributed by atoms with Crippen molar-refractivity contribution < 1.29 is 9.18 Å². The van der Waals surface area contributed by atoms with Crippen molar-refractivity contribution in [3.8, 4) is 0 Å². The second-order valence-electron chi connectivity index (χ2n) is 6.37. The molecule has 3 heterocycles. The first-order chi connectivity index (χ1) is 12.5. The van der Waals surface area contributed by atoms with E-state index in [4.69, 9.17) is 11.6 Å². The predicted octanol–water partition coefficient (Wildman–Crippen LogP) is 2.84. The van der Waals surface area contributed by atoms with Crippen molar-refractivity contribution in [2.24, 2.45) is 0 Å². The number of hydrogen-bond donors (Lipinski definition) is 1. The van der Waals surface area contributed by atoms with E-state index in [0.29, 0.717) is 6.54 Å². The predicted molar refractivity (Wildman–Crippen MR) is 97.2 cm³/mol. The number of nitrogens with one attached hydrogen (secondary N) is 1. The molecule has 3 aromatic rings. The Morgan fingerprint density at radius 1 is 1.35 bits per heavy atom. The molecule has 8 heteroatoms. The van der Waals surface area contributed by atoms with Gasteiger partial charge < -0.3 is 10.2 Å². The van der Waals surface area contributed by atoms with E-state index in [1.54, 1.807) is 16.8 Å². The summed E-state index contributed by atoms with van der Waals surface area (Å²) in [6, 6.07) is 8.17. The first-order valence-corrected chi connectivity index (χ1v) is 8.72. The number of aromatic nitrogens is 3. The van der Waals surface area contributed by atoms with Gasteiger partial charge in [-0.25, -0.2) is 13.9 Å². The van der Waals surface area contributed by atoms with Gasteiger partial charge in [-0.05, 0) is 37.6 Å². The lowest BCUT2D eigenvalue weighted by Crippen LogP contribution is -2.37. The second kappa shape index (κ2) is 6.57. The van der Waals surface area contributed by atoms with Crippen molar-refractivity contribution in [1.29, 1.82) is 0 Å². The molecule has 0 unspecified atom stereocenters. The Bertz CT molecular complexity index is 989. The normalized spacial score (nSPS) is 17.0. The van der Waals surface area contributed by atoms with Crippen molar-refractivity contribution >= 4 is 29.0 Å². The van der Waals surface area contributed by atoms with Crippen LogP contribution in [0.4, 0.5) is 10.2 Å². The van der Waals surface area contributed by atoms with Gasteiger partial charge in [-0.3, -0.25) is 4.79 Å². The molecule has 6 nitrogen and oxygen atoms in total. The number of fused-ring (bicyclic) bond motifs is 1. The molecular weight excluding hydrogens is 357 g/mol. The standard InChI is InChI=1S/C18H17ClFN5O/c1-11-9-21-15-5-6-16(23-25(11)15)24-8-7-12(10-24)22-18(26)13-3-2-4-14(19)17(13)20/h2-6,9,12H,7-8,10H2,1H3,(H,22,26)/t12-/m0/s1.